The molecule has 0 bridgehead atoms. The fraction of sp³-hybridized carbons (Fsp3) is 0.909. The van der Waals surface area contributed by atoms with Crippen molar-refractivity contribution < 1.29 is 33.8 Å². The molecule has 2 atom stereocenters. The first-order valence-corrected chi connectivity index (χ1v) is 23.9. The number of carboxylic acid groups (broad SMARTS) is 1. The Balaban J connectivity index is 4.57. The number of nitrogens with one attached hydrogen (secondary N) is 3. The Morgan fingerprint density at radius 2 is 0.891 bits per heavy atom. The fourth-order valence-corrected chi connectivity index (χ4v) is 7.51. The van der Waals surface area contributed by atoms with Crippen LogP contribution in [0.2, 0.25) is 0 Å². The molecule has 0 rings (SSSR count). The summed E-state index contributed by atoms with van der Waals surface area (Å²) in [4.78, 5) is 49.6. The van der Waals surface area contributed by atoms with Crippen molar-refractivity contribution in [2.75, 3.05) is 31.2 Å². The number of aliphatic carboxylic acids is 1. The Hall–Kier alpha value is -2.17. The van der Waals surface area contributed by atoms with Crippen LogP contribution in [0.3, 0.4) is 0 Å². The average Bonchev–Trinajstić information content (AvgIpc) is 3.16. The number of ether oxygens (including phenoxy) is 2. The highest BCUT2D eigenvalue weighted by molar-refractivity contribution is 7.99. The summed E-state index contributed by atoms with van der Waals surface area (Å²) in [7, 11) is 0. The summed E-state index contributed by atoms with van der Waals surface area (Å²) < 4.78 is 11.0. The van der Waals surface area contributed by atoms with Crippen molar-refractivity contribution in [3.63, 3.8) is 0 Å². The van der Waals surface area contributed by atoms with Gasteiger partial charge in [-0.1, -0.05) is 188 Å². The van der Waals surface area contributed by atoms with Gasteiger partial charge in [-0.15, -0.1) is 0 Å². The normalized spacial score (nSPS) is 12.2. The molecule has 1 unspecified atom stereocenters. The van der Waals surface area contributed by atoms with Crippen molar-refractivity contribution in [3.8, 4) is 0 Å². The predicted octanol–water partition coefficient (Wildman–Crippen LogP) is 11.9. The molecule has 0 heterocycles. The van der Waals surface area contributed by atoms with Crippen molar-refractivity contribution >= 4 is 35.8 Å². The molecule has 3 amide bonds. The molecule has 0 aromatic carbocycles. The molecule has 0 aliphatic rings. The lowest BCUT2D eigenvalue weighted by molar-refractivity contribution is -0.141. The summed E-state index contributed by atoms with van der Waals surface area (Å²) in [5.41, 5.74) is 0. The number of rotatable bonds is 41. The standard InChI is InChI=1S/C44H85N3O7S/c1-4-7-10-13-16-19-20-21-22-23-24-27-30-33-41(48)47-40(42(49)50)38-55-37-39(54-44(52)46-35-32-29-26-18-15-12-9-6-3)36-53-43(51)45-34-31-28-25-17-14-11-8-5-2/h39-40H,4-38H2,1-3H3,(H,45,51)(H,46,52)(H,47,48)(H,49,50)/t39-,40?/m1/s1. The monoisotopic (exact) mass is 800 g/mol. The molecule has 10 nitrogen and oxygen atoms in total. The van der Waals surface area contributed by atoms with Crippen LogP contribution in [0.15, 0.2) is 0 Å². The number of hydrogen-bond acceptors (Lipinski definition) is 7. The van der Waals surface area contributed by atoms with E-state index in [-0.39, 0.29) is 24.0 Å². The smallest absolute Gasteiger partial charge is 0.407 e. The number of alkyl carbamates (subject to hydrolysis) is 2. The van der Waals surface area contributed by atoms with Crippen LogP contribution < -0.4 is 16.0 Å². The number of amides is 3. The first kappa shape index (κ1) is 52.8. The number of carbonyl (C=O) groups excluding carboxylic acids is 3. The van der Waals surface area contributed by atoms with Gasteiger partial charge in [0.05, 0.1) is 0 Å². The van der Waals surface area contributed by atoms with E-state index in [1.807, 2.05) is 0 Å². The largest absolute Gasteiger partial charge is 0.480 e. The van der Waals surface area contributed by atoms with Gasteiger partial charge in [0.1, 0.15) is 18.8 Å². The minimum Gasteiger partial charge on any atom is -0.480 e. The van der Waals surface area contributed by atoms with Crippen LogP contribution in [0.4, 0.5) is 9.59 Å². The second kappa shape index (κ2) is 41.5. The van der Waals surface area contributed by atoms with E-state index in [4.69, 9.17) is 9.47 Å². The fourth-order valence-electron chi connectivity index (χ4n) is 6.49. The number of thioether (sulfide) groups is 1. The number of unbranched alkanes of at least 4 members (excludes halogenated alkanes) is 26. The van der Waals surface area contributed by atoms with E-state index in [1.165, 1.54) is 140 Å². The van der Waals surface area contributed by atoms with Gasteiger partial charge in [-0.2, -0.15) is 11.8 Å². The van der Waals surface area contributed by atoms with Crippen LogP contribution >= 0.6 is 11.8 Å². The molecule has 0 aliphatic carbocycles. The highest BCUT2D eigenvalue weighted by atomic mass is 32.2. The highest BCUT2D eigenvalue weighted by Crippen LogP contribution is 2.15. The molecule has 0 saturated carbocycles. The van der Waals surface area contributed by atoms with Gasteiger partial charge in [-0.3, -0.25) is 4.79 Å². The Morgan fingerprint density at radius 3 is 1.31 bits per heavy atom. The molecule has 0 spiro atoms. The maximum atomic E-state index is 12.6. The van der Waals surface area contributed by atoms with Gasteiger partial charge in [0.25, 0.3) is 0 Å². The minimum atomic E-state index is -1.11. The van der Waals surface area contributed by atoms with Gasteiger partial charge in [0.2, 0.25) is 5.91 Å². The first-order chi connectivity index (χ1) is 26.8. The third-order valence-corrected chi connectivity index (χ3v) is 11.2. The second-order valence-electron chi connectivity index (χ2n) is 15.4. The lowest BCUT2D eigenvalue weighted by Gasteiger charge is -2.20. The van der Waals surface area contributed by atoms with E-state index in [0.717, 1.165) is 57.8 Å². The lowest BCUT2D eigenvalue weighted by Crippen LogP contribution is -2.43. The lowest BCUT2D eigenvalue weighted by atomic mass is 10.0. The molecule has 55 heavy (non-hydrogen) atoms. The summed E-state index contributed by atoms with van der Waals surface area (Å²) in [5.74, 6) is -1.05. The summed E-state index contributed by atoms with van der Waals surface area (Å²) in [6.07, 6.45) is 32.9. The summed E-state index contributed by atoms with van der Waals surface area (Å²) >= 11 is 1.25. The van der Waals surface area contributed by atoms with Gasteiger partial charge in [-0.05, 0) is 19.3 Å². The Bertz CT molecular complexity index is 911. The van der Waals surface area contributed by atoms with Crippen LogP contribution in [0.25, 0.3) is 0 Å². The van der Waals surface area contributed by atoms with Gasteiger partial charge in [0, 0.05) is 31.0 Å². The van der Waals surface area contributed by atoms with E-state index >= 15 is 0 Å². The second-order valence-corrected chi connectivity index (χ2v) is 16.5. The molecule has 0 aliphatic heterocycles. The third-order valence-electron chi connectivity index (χ3n) is 10.0. The zero-order valence-electron chi connectivity index (χ0n) is 35.7. The molecule has 0 fully saturated rings. The van der Waals surface area contributed by atoms with Crippen LogP contribution in [0, 0.1) is 0 Å². The number of carbonyl (C=O) groups is 4. The first-order valence-electron chi connectivity index (χ1n) is 22.8. The number of hydrogen-bond donors (Lipinski definition) is 4. The minimum absolute atomic E-state index is 0.101. The highest BCUT2D eigenvalue weighted by Gasteiger charge is 2.23. The molecular weight excluding hydrogens is 715 g/mol. The van der Waals surface area contributed by atoms with Crippen LogP contribution in [0.1, 0.15) is 213 Å². The zero-order valence-corrected chi connectivity index (χ0v) is 36.5. The van der Waals surface area contributed by atoms with Gasteiger partial charge < -0.3 is 30.5 Å². The Labute approximate surface area is 341 Å². The van der Waals surface area contributed by atoms with Crippen LogP contribution in [-0.4, -0.2) is 72.5 Å². The van der Waals surface area contributed by atoms with Crippen molar-refractivity contribution in [2.24, 2.45) is 0 Å². The average molecular weight is 800 g/mol. The van der Waals surface area contributed by atoms with Crippen molar-refractivity contribution in [2.45, 2.75) is 226 Å². The molecule has 0 aromatic heterocycles. The summed E-state index contributed by atoms with van der Waals surface area (Å²) in [5, 5.41) is 18.0. The van der Waals surface area contributed by atoms with E-state index in [0.29, 0.717) is 19.5 Å². The van der Waals surface area contributed by atoms with E-state index in [9.17, 15) is 24.3 Å². The van der Waals surface area contributed by atoms with E-state index < -0.39 is 30.3 Å². The molecule has 11 heteroatoms. The molecule has 0 aromatic rings. The topological polar surface area (TPSA) is 143 Å². The Morgan fingerprint density at radius 1 is 0.509 bits per heavy atom. The van der Waals surface area contributed by atoms with E-state index in [2.05, 4.69) is 36.7 Å². The molecule has 0 saturated heterocycles. The predicted molar refractivity (Wildman–Crippen MR) is 230 cm³/mol. The number of carboxylic acids is 1. The van der Waals surface area contributed by atoms with Crippen molar-refractivity contribution in [3.05, 3.63) is 0 Å². The van der Waals surface area contributed by atoms with Gasteiger partial charge in [-0.25, -0.2) is 14.4 Å². The SMILES string of the molecule is CCCCCCCCCCCCCCCC(=O)NC(CSC[C@@H](COC(=O)NCCCCCCCCCC)OC(=O)NCCCCCCCCCC)C(=O)O. The van der Waals surface area contributed by atoms with Crippen LogP contribution in [-0.2, 0) is 19.1 Å². The summed E-state index contributed by atoms with van der Waals surface area (Å²) in [6.45, 7) is 7.54. The summed E-state index contributed by atoms with van der Waals surface area (Å²) in [6, 6.07) is -1.06. The van der Waals surface area contributed by atoms with Crippen molar-refractivity contribution in [1.29, 1.82) is 0 Å². The zero-order chi connectivity index (χ0) is 40.5. The maximum Gasteiger partial charge on any atom is 0.407 e. The molecule has 324 valence electrons. The van der Waals surface area contributed by atoms with Gasteiger partial charge in [0.15, 0.2) is 0 Å². The van der Waals surface area contributed by atoms with Crippen LogP contribution in [0.5, 0.6) is 0 Å². The van der Waals surface area contributed by atoms with Gasteiger partial charge >= 0.3 is 18.2 Å². The molecular formula is C44H85N3O7S. The molecule has 4 N–H and O–H groups in total. The van der Waals surface area contributed by atoms with Crippen molar-refractivity contribution in [1.82, 2.24) is 16.0 Å². The Kier molecular flexibility index (Phi) is 39.8. The molecule has 0 radical (unpaired) electrons. The van der Waals surface area contributed by atoms with E-state index in [1.54, 1.807) is 0 Å². The maximum absolute atomic E-state index is 12.6. The quantitative estimate of drug-likeness (QED) is 0.0448. The third kappa shape index (κ3) is 38.5.